The van der Waals surface area contributed by atoms with Crippen molar-refractivity contribution in [3.05, 3.63) is 30.1 Å². The first-order valence-corrected chi connectivity index (χ1v) is 9.05. The lowest BCUT2D eigenvalue weighted by Gasteiger charge is -2.28. The first-order valence-electron chi connectivity index (χ1n) is 7.92. The molecule has 2 fully saturated rings. The Labute approximate surface area is 160 Å². The Bertz CT molecular complexity index is 780. The number of fused-ring (bicyclic) bond motifs is 2. The van der Waals surface area contributed by atoms with Crippen LogP contribution in [0, 0.1) is 0 Å². The average Bonchev–Trinajstić information content (AvgIpc) is 3.24. The van der Waals surface area contributed by atoms with Crippen LogP contribution in [-0.2, 0) is 3.79 Å². The number of benzene rings is 1. The van der Waals surface area contributed by atoms with Crippen LogP contribution in [0.4, 0.5) is 5.95 Å². The third-order valence-electron chi connectivity index (χ3n) is 4.54. The van der Waals surface area contributed by atoms with E-state index in [0.717, 1.165) is 30.8 Å². The average molecular weight is 401 g/mol. The van der Waals surface area contributed by atoms with Crippen LogP contribution in [0.1, 0.15) is 12.2 Å². The fourth-order valence-electron chi connectivity index (χ4n) is 3.29. The minimum Gasteiger partial charge on any atom is -0.497 e. The maximum Gasteiger partial charge on any atom is 0.250 e. The van der Waals surface area contributed by atoms with Gasteiger partial charge >= 0.3 is 0 Å². The van der Waals surface area contributed by atoms with Crippen LogP contribution in [0.3, 0.4) is 0 Å². The van der Waals surface area contributed by atoms with Crippen molar-refractivity contribution in [2.24, 2.45) is 0 Å². The molecule has 0 radical (unpaired) electrons. The van der Waals surface area contributed by atoms with Gasteiger partial charge in [0.25, 0.3) is 0 Å². The Morgan fingerprint density at radius 1 is 1.16 bits per heavy atom. The largest absolute Gasteiger partial charge is 0.497 e. The Hall–Kier alpha value is -1.34. The Morgan fingerprint density at radius 3 is 2.48 bits per heavy atom. The Kier molecular flexibility index (Phi) is 4.40. The fourth-order valence-corrected chi connectivity index (χ4v) is 3.55. The summed E-state index contributed by atoms with van der Waals surface area (Å²) in [4.78, 5) is 15.6. The second kappa shape index (κ2) is 6.43. The van der Waals surface area contributed by atoms with Gasteiger partial charge < -0.3 is 15.0 Å². The molecular weight excluding hydrogens is 385 g/mol. The Morgan fingerprint density at radius 2 is 1.92 bits per heavy atom. The maximum absolute atomic E-state index is 6.05. The molecule has 132 valence electrons. The second-order valence-electron chi connectivity index (χ2n) is 6.16. The number of alkyl halides is 3. The van der Waals surface area contributed by atoms with Gasteiger partial charge in [0.05, 0.1) is 7.11 Å². The first kappa shape index (κ1) is 17.1. The van der Waals surface area contributed by atoms with Gasteiger partial charge in [-0.1, -0.05) is 34.8 Å². The lowest BCUT2D eigenvalue weighted by atomic mass is 10.2. The molecule has 6 nitrogen and oxygen atoms in total. The lowest BCUT2D eigenvalue weighted by Crippen LogP contribution is -2.44. The molecule has 1 N–H and O–H groups in total. The maximum atomic E-state index is 6.05. The second-order valence-corrected chi connectivity index (χ2v) is 8.44. The van der Waals surface area contributed by atoms with Crippen LogP contribution in [0.25, 0.3) is 11.4 Å². The van der Waals surface area contributed by atoms with Crippen molar-refractivity contribution in [3.8, 4) is 17.1 Å². The summed E-state index contributed by atoms with van der Waals surface area (Å²) in [5.41, 5.74) is 0.808. The van der Waals surface area contributed by atoms with Crippen LogP contribution in [-0.4, -0.2) is 47.2 Å². The van der Waals surface area contributed by atoms with E-state index < -0.39 is 3.79 Å². The van der Waals surface area contributed by atoms with Gasteiger partial charge in [0.1, 0.15) is 5.75 Å². The van der Waals surface area contributed by atoms with Crippen LogP contribution in [0.5, 0.6) is 5.75 Å². The van der Waals surface area contributed by atoms with Gasteiger partial charge in [-0.3, -0.25) is 0 Å². The number of methoxy groups -OCH3 is 1. The predicted octanol–water partition coefficient (Wildman–Crippen LogP) is 2.92. The van der Waals surface area contributed by atoms with Gasteiger partial charge in [0.15, 0.2) is 11.6 Å². The first-order chi connectivity index (χ1) is 11.9. The van der Waals surface area contributed by atoms with E-state index in [9.17, 15) is 0 Å². The molecule has 2 bridgehead atoms. The smallest absolute Gasteiger partial charge is 0.250 e. The van der Waals surface area contributed by atoms with Crippen LogP contribution < -0.4 is 15.0 Å². The monoisotopic (exact) mass is 399 g/mol. The number of piperazine rings is 1. The molecule has 4 rings (SSSR count). The van der Waals surface area contributed by atoms with Crippen LogP contribution in [0.15, 0.2) is 24.3 Å². The summed E-state index contributed by atoms with van der Waals surface area (Å²) < 4.78 is 3.48. The molecule has 1 aromatic carbocycles. The number of rotatable bonds is 3. The Balaban J connectivity index is 1.76. The highest BCUT2D eigenvalue weighted by atomic mass is 35.6. The summed E-state index contributed by atoms with van der Waals surface area (Å²) in [5.74, 6) is 1.91. The molecule has 0 saturated carbocycles. The van der Waals surface area contributed by atoms with E-state index in [2.05, 4.69) is 25.2 Å². The zero-order valence-corrected chi connectivity index (χ0v) is 15.7. The fraction of sp³-hybridized carbons (Fsp3) is 0.438. The number of aromatic nitrogens is 3. The molecule has 2 saturated heterocycles. The zero-order valence-electron chi connectivity index (χ0n) is 13.4. The molecule has 0 aliphatic carbocycles. The number of hydrogen-bond donors (Lipinski definition) is 1. The van der Waals surface area contributed by atoms with Gasteiger partial charge in [0, 0.05) is 30.7 Å². The molecule has 1 aromatic heterocycles. The molecule has 9 heteroatoms. The normalized spacial score (nSPS) is 22.5. The number of ether oxygens (including phenoxy) is 1. The summed E-state index contributed by atoms with van der Waals surface area (Å²) in [6.07, 6.45) is 1.08. The molecule has 2 aliphatic heterocycles. The molecule has 0 spiro atoms. The highest BCUT2D eigenvalue weighted by molar-refractivity contribution is 6.66. The number of halogens is 3. The van der Waals surface area contributed by atoms with E-state index in [1.165, 1.54) is 0 Å². The van der Waals surface area contributed by atoms with Crippen molar-refractivity contribution in [1.29, 1.82) is 0 Å². The summed E-state index contributed by atoms with van der Waals surface area (Å²) in [5, 5.41) is 3.45. The van der Waals surface area contributed by atoms with E-state index in [4.69, 9.17) is 39.5 Å². The van der Waals surface area contributed by atoms with Crippen LogP contribution >= 0.6 is 34.8 Å². The summed E-state index contributed by atoms with van der Waals surface area (Å²) in [6, 6.07) is 8.25. The molecular formula is C16H16Cl3N5O. The van der Waals surface area contributed by atoms with Crippen molar-refractivity contribution in [2.75, 3.05) is 25.1 Å². The predicted molar refractivity (Wildman–Crippen MR) is 98.6 cm³/mol. The van der Waals surface area contributed by atoms with Gasteiger partial charge in [-0.2, -0.15) is 9.97 Å². The topological polar surface area (TPSA) is 63.2 Å². The standard InChI is InChI=1S/C16H16Cl3N5O/c1-25-12-4-2-9(3-5-12)13-21-14(16(17,18)19)23-15(22-13)24-8-10-6-11(24)7-20-10/h2-5,10-11,20H,6-8H2,1H3. The molecule has 25 heavy (non-hydrogen) atoms. The molecule has 2 aromatic rings. The van der Waals surface area contributed by atoms with Crippen molar-refractivity contribution in [1.82, 2.24) is 20.3 Å². The van der Waals surface area contributed by atoms with Gasteiger partial charge in [0.2, 0.25) is 9.74 Å². The minimum atomic E-state index is -1.71. The third kappa shape index (κ3) is 3.36. The summed E-state index contributed by atoms with van der Waals surface area (Å²) >= 11 is 18.2. The van der Waals surface area contributed by atoms with Gasteiger partial charge in [-0.25, -0.2) is 4.98 Å². The van der Waals surface area contributed by atoms with Crippen molar-refractivity contribution >= 4 is 40.8 Å². The molecule has 3 heterocycles. The molecule has 2 aliphatic rings. The van der Waals surface area contributed by atoms with Gasteiger partial charge in [-0.15, -0.1) is 0 Å². The third-order valence-corrected chi connectivity index (χ3v) is 5.05. The van der Waals surface area contributed by atoms with Crippen molar-refractivity contribution in [2.45, 2.75) is 22.3 Å². The number of anilines is 1. The number of nitrogens with zero attached hydrogens (tertiary/aromatic N) is 4. The molecule has 2 atom stereocenters. The minimum absolute atomic E-state index is 0.129. The lowest BCUT2D eigenvalue weighted by molar-refractivity contribution is 0.415. The number of hydrogen-bond acceptors (Lipinski definition) is 6. The quantitative estimate of drug-likeness (QED) is 0.799. The van der Waals surface area contributed by atoms with Crippen LogP contribution in [0.2, 0.25) is 0 Å². The highest BCUT2D eigenvalue weighted by Gasteiger charge is 2.40. The summed E-state index contributed by atoms with van der Waals surface area (Å²) in [7, 11) is 1.62. The van der Waals surface area contributed by atoms with Gasteiger partial charge in [-0.05, 0) is 30.7 Å². The van der Waals surface area contributed by atoms with Crippen molar-refractivity contribution < 1.29 is 4.74 Å². The van der Waals surface area contributed by atoms with E-state index >= 15 is 0 Å². The molecule has 2 unspecified atom stereocenters. The van der Waals surface area contributed by atoms with E-state index in [0.29, 0.717) is 23.9 Å². The zero-order chi connectivity index (χ0) is 17.6. The number of nitrogens with one attached hydrogen (secondary N) is 1. The van der Waals surface area contributed by atoms with E-state index in [-0.39, 0.29) is 5.82 Å². The van der Waals surface area contributed by atoms with Crippen molar-refractivity contribution in [3.63, 3.8) is 0 Å². The SMILES string of the molecule is COc1ccc(-c2nc(N3CC4CC3CN4)nc(C(Cl)(Cl)Cl)n2)cc1. The van der Waals surface area contributed by atoms with E-state index in [1.54, 1.807) is 7.11 Å². The summed E-state index contributed by atoms with van der Waals surface area (Å²) in [6.45, 7) is 1.76. The molecule has 0 amide bonds. The highest BCUT2D eigenvalue weighted by Crippen LogP contribution is 2.38. The van der Waals surface area contributed by atoms with E-state index in [1.807, 2.05) is 24.3 Å².